The molecule has 1 fully saturated rings. The number of morpholine rings is 1. The van der Waals surface area contributed by atoms with E-state index in [1.807, 2.05) is 48.5 Å². The van der Waals surface area contributed by atoms with E-state index in [0.29, 0.717) is 57.1 Å². The molecule has 8 nitrogen and oxygen atoms in total. The number of furan rings is 1. The number of amides is 1. The third-order valence-corrected chi connectivity index (χ3v) is 6.83. The molecule has 1 unspecified atom stereocenters. The van der Waals surface area contributed by atoms with Crippen molar-refractivity contribution in [3.05, 3.63) is 78.1 Å². The van der Waals surface area contributed by atoms with Gasteiger partial charge in [-0.1, -0.05) is 36.4 Å². The number of nitrogens with zero attached hydrogens (tertiary/aromatic N) is 2. The number of carbonyl (C=O) groups excluding carboxylic acids is 1. The van der Waals surface area contributed by atoms with Gasteiger partial charge in [0.15, 0.2) is 0 Å². The van der Waals surface area contributed by atoms with Crippen molar-refractivity contribution in [1.29, 1.82) is 0 Å². The lowest BCUT2D eigenvalue weighted by Crippen LogP contribution is -2.44. The summed E-state index contributed by atoms with van der Waals surface area (Å²) in [6, 6.07) is 18.7. The zero-order chi connectivity index (χ0) is 27.5. The quantitative estimate of drug-likeness (QED) is 0.240. The number of benzene rings is 2. The zero-order valence-corrected chi connectivity index (χ0v) is 22.2. The molecule has 2 aromatic carbocycles. The van der Waals surface area contributed by atoms with Crippen molar-refractivity contribution in [1.82, 2.24) is 9.80 Å². The van der Waals surface area contributed by atoms with Crippen molar-refractivity contribution in [2.24, 2.45) is 0 Å². The number of aliphatic carboxylic acids is 1. The van der Waals surface area contributed by atoms with E-state index in [2.05, 4.69) is 4.90 Å². The van der Waals surface area contributed by atoms with Crippen LogP contribution in [-0.4, -0.2) is 80.6 Å². The summed E-state index contributed by atoms with van der Waals surface area (Å²) in [4.78, 5) is 28.7. The molecule has 0 spiro atoms. The van der Waals surface area contributed by atoms with Gasteiger partial charge in [-0.05, 0) is 49.1 Å². The maximum atomic E-state index is 14.0. The van der Waals surface area contributed by atoms with Crippen LogP contribution in [-0.2, 0) is 9.53 Å². The van der Waals surface area contributed by atoms with Gasteiger partial charge in [0.2, 0.25) is 0 Å². The lowest BCUT2D eigenvalue weighted by molar-refractivity contribution is -0.137. The van der Waals surface area contributed by atoms with Crippen LogP contribution < -0.4 is 4.74 Å². The van der Waals surface area contributed by atoms with E-state index in [-0.39, 0.29) is 12.3 Å². The molecule has 0 aliphatic carbocycles. The van der Waals surface area contributed by atoms with Crippen molar-refractivity contribution in [2.75, 3.05) is 46.0 Å². The Hall–Kier alpha value is -3.56. The second kappa shape index (κ2) is 14.6. The highest BCUT2D eigenvalue weighted by Crippen LogP contribution is 2.27. The summed E-state index contributed by atoms with van der Waals surface area (Å²) in [6.07, 6.45) is 3.83. The van der Waals surface area contributed by atoms with Crippen LogP contribution in [0.15, 0.2) is 71.3 Å². The molecule has 39 heavy (non-hydrogen) atoms. The molecule has 204 valence electrons. The van der Waals surface area contributed by atoms with Crippen molar-refractivity contribution in [3.63, 3.8) is 0 Å². The number of para-hydroxylation sites is 1. The summed E-state index contributed by atoms with van der Waals surface area (Å²) in [6.45, 7) is 4.52. The van der Waals surface area contributed by atoms with E-state index in [9.17, 15) is 9.59 Å². The third kappa shape index (κ3) is 8.21. The van der Waals surface area contributed by atoms with E-state index in [0.717, 1.165) is 36.4 Å². The third-order valence-electron chi connectivity index (χ3n) is 6.83. The standard InChI is InChI=1S/C30H35BN2O6/c31-29(24-13-11-23(12-14-24)26-9-6-20-38-26)33(16-15-32-17-21-37-22-18-32)30(36)25-7-3-4-8-27(25)39-19-5-1-2-10-28(34)35/h3-4,6-9,11-14,20,29H,1-2,5,10,15-19,21-22H2,(H,34,35). The number of ether oxygens (including phenoxy) is 2. The Morgan fingerprint density at radius 3 is 2.49 bits per heavy atom. The highest BCUT2D eigenvalue weighted by Gasteiger charge is 2.26. The number of rotatable bonds is 14. The van der Waals surface area contributed by atoms with Crippen molar-refractivity contribution >= 4 is 19.7 Å². The number of hydrogen-bond acceptors (Lipinski definition) is 6. The molecule has 0 bridgehead atoms. The summed E-state index contributed by atoms with van der Waals surface area (Å²) in [5.74, 6) is -0.390. The van der Waals surface area contributed by atoms with Gasteiger partial charge in [-0.15, -0.1) is 0 Å². The molecule has 0 saturated carbocycles. The van der Waals surface area contributed by atoms with Gasteiger partial charge in [-0.25, -0.2) is 0 Å². The van der Waals surface area contributed by atoms with Gasteiger partial charge in [0.25, 0.3) is 5.91 Å². The molecular weight excluding hydrogens is 495 g/mol. The van der Waals surface area contributed by atoms with E-state index < -0.39 is 11.9 Å². The minimum Gasteiger partial charge on any atom is -0.493 e. The van der Waals surface area contributed by atoms with Gasteiger partial charge in [-0.2, -0.15) is 0 Å². The van der Waals surface area contributed by atoms with E-state index >= 15 is 0 Å². The molecule has 1 aliphatic rings. The second-order valence-corrected chi connectivity index (χ2v) is 9.55. The minimum absolute atomic E-state index is 0.146. The fourth-order valence-electron chi connectivity index (χ4n) is 4.57. The highest BCUT2D eigenvalue weighted by molar-refractivity contribution is 6.14. The molecule has 1 aromatic heterocycles. The second-order valence-electron chi connectivity index (χ2n) is 9.55. The molecule has 4 rings (SSSR count). The van der Waals surface area contributed by atoms with E-state index in [4.69, 9.17) is 26.8 Å². The predicted octanol–water partition coefficient (Wildman–Crippen LogP) is 4.61. The number of carbonyl (C=O) groups is 2. The van der Waals surface area contributed by atoms with Crippen LogP contribution in [0.25, 0.3) is 11.3 Å². The van der Waals surface area contributed by atoms with Crippen LogP contribution in [0.3, 0.4) is 0 Å². The fourth-order valence-corrected chi connectivity index (χ4v) is 4.57. The predicted molar refractivity (Wildman–Crippen MR) is 149 cm³/mol. The Balaban J connectivity index is 1.48. The molecule has 2 heterocycles. The normalized spacial score (nSPS) is 14.6. The maximum absolute atomic E-state index is 14.0. The molecule has 1 atom stereocenters. The summed E-state index contributed by atoms with van der Waals surface area (Å²) in [5, 5.41) is 8.81. The first-order chi connectivity index (χ1) is 19.0. The van der Waals surface area contributed by atoms with Crippen LogP contribution in [0.4, 0.5) is 0 Å². The van der Waals surface area contributed by atoms with Crippen LogP contribution >= 0.6 is 0 Å². The summed E-state index contributed by atoms with van der Waals surface area (Å²) >= 11 is 0. The van der Waals surface area contributed by atoms with Crippen LogP contribution in [0.1, 0.15) is 47.5 Å². The van der Waals surface area contributed by atoms with Crippen molar-refractivity contribution in [2.45, 2.75) is 31.6 Å². The number of carboxylic acid groups (broad SMARTS) is 1. The SMILES string of the molecule is [B]C(c1ccc(-c2ccco2)cc1)N(CCN1CCOCC1)C(=O)c1ccccc1OCCCCCC(=O)O. The Labute approximate surface area is 230 Å². The zero-order valence-electron chi connectivity index (χ0n) is 22.2. The topological polar surface area (TPSA) is 92.5 Å². The van der Waals surface area contributed by atoms with Gasteiger partial charge in [0.05, 0.1) is 31.6 Å². The summed E-state index contributed by atoms with van der Waals surface area (Å²) in [5.41, 5.74) is 2.20. The first-order valence-electron chi connectivity index (χ1n) is 13.5. The van der Waals surface area contributed by atoms with Gasteiger partial charge >= 0.3 is 5.97 Å². The van der Waals surface area contributed by atoms with E-state index in [1.165, 1.54) is 0 Å². The van der Waals surface area contributed by atoms with Crippen LogP contribution in [0, 0.1) is 0 Å². The molecule has 2 radical (unpaired) electrons. The average molecular weight is 530 g/mol. The molecule has 1 N–H and O–H groups in total. The molecule has 1 saturated heterocycles. The first-order valence-corrected chi connectivity index (χ1v) is 13.5. The van der Waals surface area contributed by atoms with Gasteiger partial charge in [-0.3, -0.25) is 14.5 Å². The number of hydrogen-bond donors (Lipinski definition) is 1. The Kier molecular flexibility index (Phi) is 10.6. The highest BCUT2D eigenvalue weighted by atomic mass is 16.5. The monoisotopic (exact) mass is 530 g/mol. The van der Waals surface area contributed by atoms with E-state index in [1.54, 1.807) is 23.3 Å². The summed E-state index contributed by atoms with van der Waals surface area (Å²) in [7, 11) is 6.74. The minimum atomic E-state index is -0.795. The van der Waals surface area contributed by atoms with Crippen molar-refractivity contribution < 1.29 is 28.6 Å². The van der Waals surface area contributed by atoms with Gasteiger partial charge in [0, 0.05) is 44.1 Å². The fraction of sp³-hybridized carbons (Fsp3) is 0.400. The van der Waals surface area contributed by atoms with Gasteiger partial charge in [0.1, 0.15) is 19.4 Å². The number of unbranched alkanes of at least 4 members (excludes halogenated alkanes) is 2. The Bertz CT molecular complexity index is 1180. The number of carboxylic acids is 1. The molecule has 1 amide bonds. The molecule has 3 aromatic rings. The molecule has 9 heteroatoms. The summed E-state index contributed by atoms with van der Waals surface area (Å²) < 4.78 is 16.9. The lowest BCUT2D eigenvalue weighted by atomic mass is 9.86. The van der Waals surface area contributed by atoms with Crippen LogP contribution in [0.2, 0.25) is 0 Å². The Morgan fingerprint density at radius 1 is 1.00 bits per heavy atom. The van der Waals surface area contributed by atoms with Crippen LogP contribution in [0.5, 0.6) is 5.75 Å². The maximum Gasteiger partial charge on any atom is 0.303 e. The Morgan fingerprint density at radius 2 is 1.77 bits per heavy atom. The van der Waals surface area contributed by atoms with Gasteiger partial charge < -0.3 is 23.9 Å². The largest absolute Gasteiger partial charge is 0.493 e. The van der Waals surface area contributed by atoms with Crippen molar-refractivity contribution in [3.8, 4) is 17.1 Å². The first kappa shape index (κ1) is 28.5. The average Bonchev–Trinajstić information content (AvgIpc) is 3.51. The molecule has 1 aliphatic heterocycles. The molecular formula is C30H35BN2O6. The lowest BCUT2D eigenvalue weighted by Gasteiger charge is -2.34. The smallest absolute Gasteiger partial charge is 0.303 e.